The summed E-state index contributed by atoms with van der Waals surface area (Å²) in [6.07, 6.45) is -3.62. The molecule has 3 heterocycles. The summed E-state index contributed by atoms with van der Waals surface area (Å²) in [5.41, 5.74) is 3.00. The molecule has 0 bridgehead atoms. The van der Waals surface area contributed by atoms with E-state index in [4.69, 9.17) is 9.90 Å². The second-order valence-electron chi connectivity index (χ2n) is 8.88. The molecule has 38 heavy (non-hydrogen) atoms. The maximum Gasteiger partial charge on any atom is 0.490 e. The first-order valence-electron chi connectivity index (χ1n) is 11.7. The van der Waals surface area contributed by atoms with Gasteiger partial charge in [-0.3, -0.25) is 14.7 Å². The number of halogens is 3. The standard InChI is InChI=1S/C23H24N6O2.C2HF3O2/c1-27-9-11-28(12-10-27)22(30)17-7-8-20-18(13-17)19(21-24-15-25-26-21)14-29(20)23(31)16-5-3-2-4-6-16;3-2(4,5)1(6)7/h2-8,13,15,19H,9-12,14H2,1H3,(H,24,25,26);(H,6,7). The van der Waals surface area contributed by atoms with Crippen molar-refractivity contribution < 1.29 is 32.7 Å². The van der Waals surface area contributed by atoms with Crippen molar-refractivity contribution in [3.8, 4) is 0 Å². The molecule has 1 saturated heterocycles. The van der Waals surface area contributed by atoms with Crippen LogP contribution in [0.3, 0.4) is 0 Å². The molecule has 10 nitrogen and oxygen atoms in total. The zero-order chi connectivity index (χ0) is 27.4. The summed E-state index contributed by atoms with van der Waals surface area (Å²) in [7, 11) is 2.07. The number of benzene rings is 2. The number of nitrogens with zero attached hydrogens (tertiary/aromatic N) is 5. The minimum absolute atomic E-state index is 0.0278. The van der Waals surface area contributed by atoms with E-state index in [1.165, 1.54) is 6.33 Å². The van der Waals surface area contributed by atoms with Crippen LogP contribution in [-0.4, -0.2) is 93.8 Å². The Hall–Kier alpha value is -4.26. The van der Waals surface area contributed by atoms with Crippen LogP contribution in [0, 0.1) is 0 Å². The lowest BCUT2D eigenvalue weighted by atomic mass is 9.98. The summed E-state index contributed by atoms with van der Waals surface area (Å²) in [6, 6.07) is 14.9. The molecule has 2 aromatic carbocycles. The van der Waals surface area contributed by atoms with Gasteiger partial charge in [-0.25, -0.2) is 9.78 Å². The minimum Gasteiger partial charge on any atom is -0.475 e. The maximum atomic E-state index is 13.2. The molecule has 0 radical (unpaired) electrons. The van der Waals surface area contributed by atoms with Crippen LogP contribution in [0.1, 0.15) is 38.0 Å². The van der Waals surface area contributed by atoms with Crippen LogP contribution < -0.4 is 4.90 Å². The van der Waals surface area contributed by atoms with Crippen molar-refractivity contribution >= 4 is 23.5 Å². The van der Waals surface area contributed by atoms with Gasteiger partial charge >= 0.3 is 12.1 Å². The number of aromatic nitrogens is 3. The Morgan fingerprint density at radius 3 is 2.21 bits per heavy atom. The van der Waals surface area contributed by atoms with E-state index in [9.17, 15) is 22.8 Å². The molecular weight excluding hydrogens is 505 g/mol. The van der Waals surface area contributed by atoms with E-state index in [0.717, 1.165) is 37.4 Å². The van der Waals surface area contributed by atoms with Crippen LogP contribution >= 0.6 is 0 Å². The Bertz CT molecular complexity index is 1290. The zero-order valence-electron chi connectivity index (χ0n) is 20.4. The van der Waals surface area contributed by atoms with Crippen molar-refractivity contribution in [1.82, 2.24) is 25.0 Å². The van der Waals surface area contributed by atoms with E-state index in [2.05, 4.69) is 27.1 Å². The van der Waals surface area contributed by atoms with Crippen LogP contribution in [-0.2, 0) is 4.79 Å². The normalized spacial score (nSPS) is 17.4. The number of aromatic amines is 1. The number of fused-ring (bicyclic) bond motifs is 1. The molecule has 200 valence electrons. The smallest absolute Gasteiger partial charge is 0.475 e. The molecule has 2 amide bonds. The Morgan fingerprint density at radius 2 is 1.63 bits per heavy atom. The summed E-state index contributed by atoms with van der Waals surface area (Å²) in [6.45, 7) is 3.63. The monoisotopic (exact) mass is 530 g/mol. The van der Waals surface area contributed by atoms with Gasteiger partial charge in [0.25, 0.3) is 11.8 Å². The van der Waals surface area contributed by atoms with Gasteiger partial charge in [-0.1, -0.05) is 18.2 Å². The first-order valence-corrected chi connectivity index (χ1v) is 11.7. The average Bonchev–Trinajstić information content (AvgIpc) is 3.56. The van der Waals surface area contributed by atoms with Gasteiger partial charge in [0.05, 0.1) is 5.92 Å². The van der Waals surface area contributed by atoms with E-state index in [-0.39, 0.29) is 17.7 Å². The molecule has 2 aliphatic heterocycles. The van der Waals surface area contributed by atoms with Crippen molar-refractivity contribution in [3.63, 3.8) is 0 Å². The van der Waals surface area contributed by atoms with Crippen molar-refractivity contribution in [3.05, 3.63) is 77.4 Å². The third-order valence-electron chi connectivity index (χ3n) is 6.37. The third-order valence-corrected chi connectivity index (χ3v) is 6.37. The number of amides is 2. The molecule has 1 atom stereocenters. The Labute approximate surface area is 215 Å². The summed E-state index contributed by atoms with van der Waals surface area (Å²) >= 11 is 0. The van der Waals surface area contributed by atoms with Gasteiger partial charge in [-0.15, -0.1) is 0 Å². The number of likely N-dealkylation sites (N-methyl/N-ethyl adjacent to an activating group) is 1. The number of carbonyl (C=O) groups excluding carboxylic acids is 2. The number of carbonyl (C=O) groups is 3. The molecule has 5 rings (SSSR count). The summed E-state index contributed by atoms with van der Waals surface area (Å²) in [5.74, 6) is -2.27. The molecule has 0 aliphatic carbocycles. The number of piperazine rings is 1. The topological polar surface area (TPSA) is 123 Å². The van der Waals surface area contributed by atoms with E-state index in [1.807, 2.05) is 53.4 Å². The van der Waals surface area contributed by atoms with Gasteiger partial charge in [0, 0.05) is 49.5 Å². The average molecular weight is 531 g/mol. The van der Waals surface area contributed by atoms with Crippen LogP contribution in [0.25, 0.3) is 0 Å². The van der Waals surface area contributed by atoms with Crippen LogP contribution in [0.5, 0.6) is 0 Å². The number of nitrogens with one attached hydrogen (secondary N) is 1. The molecule has 1 fully saturated rings. The largest absolute Gasteiger partial charge is 0.490 e. The molecule has 1 unspecified atom stereocenters. The summed E-state index contributed by atoms with van der Waals surface area (Å²) in [5, 5.41) is 14.0. The highest BCUT2D eigenvalue weighted by Crippen LogP contribution is 2.40. The highest BCUT2D eigenvalue weighted by Gasteiger charge is 2.38. The lowest BCUT2D eigenvalue weighted by molar-refractivity contribution is -0.192. The number of carboxylic acids is 1. The number of aliphatic carboxylic acids is 1. The summed E-state index contributed by atoms with van der Waals surface area (Å²) < 4.78 is 31.7. The van der Waals surface area contributed by atoms with Gasteiger partial charge in [-0.05, 0) is 42.9 Å². The number of hydrogen-bond acceptors (Lipinski definition) is 6. The van der Waals surface area contributed by atoms with Crippen LogP contribution in [0.2, 0.25) is 0 Å². The van der Waals surface area contributed by atoms with Gasteiger partial charge in [0.1, 0.15) is 12.2 Å². The maximum absolute atomic E-state index is 13.2. The molecule has 13 heteroatoms. The quantitative estimate of drug-likeness (QED) is 0.534. The number of rotatable bonds is 3. The van der Waals surface area contributed by atoms with E-state index in [0.29, 0.717) is 23.5 Å². The second kappa shape index (κ2) is 11.0. The van der Waals surface area contributed by atoms with Crippen LogP contribution in [0.15, 0.2) is 54.9 Å². The number of alkyl halides is 3. The van der Waals surface area contributed by atoms with Crippen LogP contribution in [0.4, 0.5) is 18.9 Å². The molecule has 0 saturated carbocycles. The van der Waals surface area contributed by atoms with Gasteiger partial charge in [-0.2, -0.15) is 18.3 Å². The van der Waals surface area contributed by atoms with Crippen molar-refractivity contribution in [2.45, 2.75) is 12.1 Å². The molecule has 2 aliphatic rings. The molecule has 1 aromatic heterocycles. The second-order valence-corrected chi connectivity index (χ2v) is 8.88. The number of hydrogen-bond donors (Lipinski definition) is 2. The highest BCUT2D eigenvalue weighted by atomic mass is 19.4. The van der Waals surface area contributed by atoms with E-state index < -0.39 is 12.1 Å². The number of anilines is 1. The van der Waals surface area contributed by atoms with Crippen molar-refractivity contribution in [2.75, 3.05) is 44.7 Å². The fourth-order valence-electron chi connectivity index (χ4n) is 4.33. The first-order chi connectivity index (χ1) is 18.1. The predicted octanol–water partition coefficient (Wildman–Crippen LogP) is 2.62. The lowest BCUT2D eigenvalue weighted by Gasteiger charge is -2.32. The Kier molecular flexibility index (Phi) is 7.76. The first kappa shape index (κ1) is 26.8. The van der Waals surface area contributed by atoms with Gasteiger partial charge < -0.3 is 19.8 Å². The Morgan fingerprint density at radius 1 is 0.974 bits per heavy atom. The lowest BCUT2D eigenvalue weighted by Crippen LogP contribution is -2.47. The fourth-order valence-corrected chi connectivity index (χ4v) is 4.33. The zero-order valence-corrected chi connectivity index (χ0v) is 20.4. The number of carboxylic acid groups (broad SMARTS) is 1. The Balaban J connectivity index is 0.000000426. The van der Waals surface area contributed by atoms with Crippen molar-refractivity contribution in [1.29, 1.82) is 0 Å². The predicted molar refractivity (Wildman–Crippen MR) is 130 cm³/mol. The highest BCUT2D eigenvalue weighted by molar-refractivity contribution is 6.08. The van der Waals surface area contributed by atoms with Gasteiger partial charge in [0.15, 0.2) is 0 Å². The number of H-pyrrole nitrogens is 1. The molecule has 3 aromatic rings. The summed E-state index contributed by atoms with van der Waals surface area (Å²) in [4.78, 5) is 45.5. The molecular formula is C25H25F3N6O4. The third kappa shape index (κ3) is 5.83. The van der Waals surface area contributed by atoms with Gasteiger partial charge in [0.2, 0.25) is 0 Å². The van der Waals surface area contributed by atoms with E-state index in [1.54, 1.807) is 4.90 Å². The van der Waals surface area contributed by atoms with E-state index >= 15 is 0 Å². The fraction of sp³-hybridized carbons (Fsp3) is 0.320. The molecule has 2 N–H and O–H groups in total. The minimum atomic E-state index is -5.08. The molecule has 0 spiro atoms. The van der Waals surface area contributed by atoms with Crippen molar-refractivity contribution in [2.24, 2.45) is 0 Å². The SMILES string of the molecule is CN1CCN(C(=O)c2ccc3c(c2)C(c2ncn[nH]2)CN3C(=O)c2ccccc2)CC1.O=C(O)C(F)(F)F.